The third kappa shape index (κ3) is 1.79. The van der Waals surface area contributed by atoms with Crippen molar-refractivity contribution in [2.45, 2.75) is 6.92 Å². The quantitative estimate of drug-likeness (QED) is 0.727. The zero-order valence-corrected chi connectivity index (χ0v) is 11.9. The molecule has 0 saturated heterocycles. The Morgan fingerprint density at radius 1 is 1.39 bits per heavy atom. The number of thiophene rings is 1. The first-order valence-electron chi connectivity index (χ1n) is 5.37. The molecule has 5 heteroatoms. The lowest BCUT2D eigenvalue weighted by Gasteiger charge is -1.98. The molecule has 18 heavy (non-hydrogen) atoms. The summed E-state index contributed by atoms with van der Waals surface area (Å²) in [6.45, 7) is 1.95. The van der Waals surface area contributed by atoms with Crippen LogP contribution >= 0.6 is 27.3 Å². The van der Waals surface area contributed by atoms with Gasteiger partial charge in [0.2, 0.25) is 0 Å². The Labute approximate surface area is 116 Å². The Morgan fingerprint density at radius 3 is 2.94 bits per heavy atom. The summed E-state index contributed by atoms with van der Waals surface area (Å²) in [5.74, 6) is 0.0416. The van der Waals surface area contributed by atoms with Crippen molar-refractivity contribution in [2.75, 3.05) is 0 Å². The summed E-state index contributed by atoms with van der Waals surface area (Å²) in [5.41, 5.74) is 3.18. The Kier molecular flexibility index (Phi) is 2.80. The first kappa shape index (κ1) is 11.6. The molecule has 0 unspecified atom stereocenters. The SMILES string of the molecule is Cc1cscc1C(=O)c1c[nH]c2ncc(Br)cc12. The van der Waals surface area contributed by atoms with E-state index < -0.39 is 0 Å². The van der Waals surface area contributed by atoms with Crippen molar-refractivity contribution in [2.24, 2.45) is 0 Å². The number of rotatable bonds is 2. The van der Waals surface area contributed by atoms with Crippen LogP contribution in [0.4, 0.5) is 0 Å². The monoisotopic (exact) mass is 320 g/mol. The van der Waals surface area contributed by atoms with Gasteiger partial charge in [-0.2, -0.15) is 11.3 Å². The highest BCUT2D eigenvalue weighted by Gasteiger charge is 2.17. The second-order valence-corrected chi connectivity index (χ2v) is 5.71. The Bertz CT molecular complexity index is 744. The molecule has 0 aliphatic carbocycles. The van der Waals surface area contributed by atoms with Gasteiger partial charge in [-0.15, -0.1) is 0 Å². The predicted octanol–water partition coefficient (Wildman–Crippen LogP) is 3.93. The average molecular weight is 321 g/mol. The molecule has 0 aliphatic heterocycles. The molecule has 0 atom stereocenters. The van der Waals surface area contributed by atoms with Gasteiger partial charge in [-0.05, 0) is 39.9 Å². The second-order valence-electron chi connectivity index (χ2n) is 4.05. The van der Waals surface area contributed by atoms with Crippen LogP contribution < -0.4 is 0 Å². The van der Waals surface area contributed by atoms with Gasteiger partial charge in [0.25, 0.3) is 0 Å². The first-order chi connectivity index (χ1) is 8.66. The van der Waals surface area contributed by atoms with Gasteiger partial charge in [0.1, 0.15) is 5.65 Å². The molecule has 0 saturated carbocycles. The zero-order valence-electron chi connectivity index (χ0n) is 9.53. The van der Waals surface area contributed by atoms with Gasteiger partial charge in [0, 0.05) is 38.8 Å². The van der Waals surface area contributed by atoms with E-state index in [0.29, 0.717) is 5.56 Å². The van der Waals surface area contributed by atoms with Crippen molar-refractivity contribution in [3.63, 3.8) is 0 Å². The lowest BCUT2D eigenvalue weighted by molar-refractivity contribution is 0.104. The molecule has 0 fully saturated rings. The number of aryl methyl sites for hydroxylation is 1. The number of pyridine rings is 1. The minimum Gasteiger partial charge on any atom is -0.345 e. The van der Waals surface area contributed by atoms with Crippen LogP contribution in [0, 0.1) is 6.92 Å². The number of carbonyl (C=O) groups is 1. The van der Waals surface area contributed by atoms with E-state index in [9.17, 15) is 4.79 Å². The van der Waals surface area contributed by atoms with E-state index in [2.05, 4.69) is 25.9 Å². The van der Waals surface area contributed by atoms with Gasteiger partial charge in [-0.25, -0.2) is 4.98 Å². The number of fused-ring (bicyclic) bond motifs is 1. The summed E-state index contributed by atoms with van der Waals surface area (Å²) in [6.07, 6.45) is 3.44. The normalized spacial score (nSPS) is 11.0. The van der Waals surface area contributed by atoms with Crippen molar-refractivity contribution < 1.29 is 4.79 Å². The van der Waals surface area contributed by atoms with Crippen molar-refractivity contribution in [3.8, 4) is 0 Å². The summed E-state index contributed by atoms with van der Waals surface area (Å²) in [5, 5.41) is 4.72. The molecule has 0 aromatic carbocycles. The summed E-state index contributed by atoms with van der Waals surface area (Å²) in [7, 11) is 0. The van der Waals surface area contributed by atoms with E-state index >= 15 is 0 Å². The number of H-pyrrole nitrogens is 1. The molecule has 0 radical (unpaired) electrons. The van der Waals surface area contributed by atoms with Crippen LogP contribution in [-0.2, 0) is 0 Å². The van der Waals surface area contributed by atoms with Gasteiger partial charge in [-0.3, -0.25) is 4.79 Å². The number of nitrogens with zero attached hydrogens (tertiary/aromatic N) is 1. The highest BCUT2D eigenvalue weighted by atomic mass is 79.9. The van der Waals surface area contributed by atoms with Crippen LogP contribution in [0.2, 0.25) is 0 Å². The predicted molar refractivity (Wildman–Crippen MR) is 76.3 cm³/mol. The number of ketones is 1. The maximum atomic E-state index is 12.5. The zero-order chi connectivity index (χ0) is 12.7. The van der Waals surface area contributed by atoms with Gasteiger partial charge >= 0.3 is 0 Å². The van der Waals surface area contributed by atoms with Crippen LogP contribution in [0.25, 0.3) is 11.0 Å². The van der Waals surface area contributed by atoms with Crippen molar-refractivity contribution in [1.29, 1.82) is 0 Å². The van der Waals surface area contributed by atoms with E-state index in [1.54, 1.807) is 23.7 Å². The molecular weight excluding hydrogens is 312 g/mol. The number of aromatic amines is 1. The highest BCUT2D eigenvalue weighted by Crippen LogP contribution is 2.25. The molecule has 90 valence electrons. The van der Waals surface area contributed by atoms with E-state index in [0.717, 1.165) is 26.6 Å². The highest BCUT2D eigenvalue weighted by molar-refractivity contribution is 9.10. The molecule has 1 N–H and O–H groups in total. The van der Waals surface area contributed by atoms with Gasteiger partial charge < -0.3 is 4.98 Å². The Hall–Kier alpha value is -1.46. The van der Waals surface area contributed by atoms with Crippen LogP contribution in [0.1, 0.15) is 21.5 Å². The summed E-state index contributed by atoms with van der Waals surface area (Å²) in [4.78, 5) is 19.7. The van der Waals surface area contributed by atoms with Crippen LogP contribution in [0.15, 0.2) is 33.7 Å². The molecule has 3 nitrogen and oxygen atoms in total. The molecule has 0 amide bonds. The summed E-state index contributed by atoms with van der Waals surface area (Å²) < 4.78 is 0.866. The smallest absolute Gasteiger partial charge is 0.196 e. The van der Waals surface area contributed by atoms with E-state index in [1.165, 1.54) is 0 Å². The maximum absolute atomic E-state index is 12.5. The Morgan fingerprint density at radius 2 is 2.22 bits per heavy atom. The number of carbonyl (C=O) groups excluding carboxylic acids is 1. The second kappa shape index (κ2) is 4.33. The van der Waals surface area contributed by atoms with Crippen molar-refractivity contribution in [3.05, 3.63) is 50.4 Å². The molecular formula is C13H9BrN2OS. The third-order valence-corrected chi connectivity index (χ3v) is 4.14. The Balaban J connectivity index is 2.18. The fourth-order valence-corrected chi connectivity index (χ4v) is 3.06. The van der Waals surface area contributed by atoms with Crippen molar-refractivity contribution >= 4 is 44.1 Å². The summed E-state index contributed by atoms with van der Waals surface area (Å²) >= 11 is 4.92. The third-order valence-electron chi connectivity index (χ3n) is 2.84. The van der Waals surface area contributed by atoms with Crippen LogP contribution in [-0.4, -0.2) is 15.8 Å². The molecule has 0 spiro atoms. The average Bonchev–Trinajstić information content (AvgIpc) is 2.94. The molecule has 0 bridgehead atoms. The van der Waals surface area contributed by atoms with Gasteiger partial charge in [0.05, 0.1) is 0 Å². The van der Waals surface area contributed by atoms with E-state index in [4.69, 9.17) is 0 Å². The number of aromatic nitrogens is 2. The van der Waals surface area contributed by atoms with Gasteiger partial charge in [0.15, 0.2) is 5.78 Å². The fourth-order valence-electron chi connectivity index (χ4n) is 1.90. The molecule has 3 aromatic rings. The van der Waals surface area contributed by atoms with Gasteiger partial charge in [-0.1, -0.05) is 0 Å². The standard InChI is InChI=1S/C13H9BrN2OS/c1-7-5-18-6-11(7)12(17)10-4-16-13-9(10)2-8(14)3-15-13/h2-6H,1H3,(H,15,16). The summed E-state index contributed by atoms with van der Waals surface area (Å²) in [6, 6.07) is 1.91. The van der Waals surface area contributed by atoms with Crippen LogP contribution in [0.5, 0.6) is 0 Å². The molecule has 3 aromatic heterocycles. The first-order valence-corrected chi connectivity index (χ1v) is 7.10. The maximum Gasteiger partial charge on any atom is 0.196 e. The molecule has 3 rings (SSSR count). The molecule has 0 aliphatic rings. The minimum atomic E-state index is 0.0416. The number of hydrogen-bond acceptors (Lipinski definition) is 3. The molecule has 3 heterocycles. The lowest BCUT2D eigenvalue weighted by Crippen LogP contribution is -2.00. The fraction of sp³-hybridized carbons (Fsp3) is 0.0769. The minimum absolute atomic E-state index is 0.0416. The van der Waals surface area contributed by atoms with Crippen LogP contribution in [0.3, 0.4) is 0 Å². The van der Waals surface area contributed by atoms with E-state index in [1.807, 2.05) is 23.8 Å². The number of nitrogens with one attached hydrogen (secondary N) is 1. The number of hydrogen-bond donors (Lipinski definition) is 1. The largest absolute Gasteiger partial charge is 0.345 e. The number of halogens is 1. The van der Waals surface area contributed by atoms with E-state index in [-0.39, 0.29) is 5.78 Å². The topological polar surface area (TPSA) is 45.8 Å². The van der Waals surface area contributed by atoms with Crippen molar-refractivity contribution in [1.82, 2.24) is 9.97 Å². The lowest BCUT2D eigenvalue weighted by atomic mass is 10.0.